The Morgan fingerprint density at radius 1 is 0.964 bits per heavy atom. The molecule has 138 valence electrons. The maximum atomic E-state index is 13.3. The second-order valence-corrected chi connectivity index (χ2v) is 7.48. The molecule has 0 spiro atoms. The van der Waals surface area contributed by atoms with Crippen LogP contribution in [0.15, 0.2) is 72.1 Å². The summed E-state index contributed by atoms with van der Waals surface area (Å²) in [6.45, 7) is 0. The largest absolute Gasteiger partial charge is 0.280 e. The van der Waals surface area contributed by atoms with Gasteiger partial charge in [-0.05, 0) is 42.2 Å². The Balaban J connectivity index is 1.46. The van der Waals surface area contributed by atoms with Crippen LogP contribution in [0.4, 0.5) is 11.4 Å². The van der Waals surface area contributed by atoms with E-state index in [0.717, 1.165) is 24.2 Å². The van der Waals surface area contributed by atoms with Crippen LogP contribution in [0.3, 0.4) is 0 Å². The maximum absolute atomic E-state index is 13.3. The van der Waals surface area contributed by atoms with Gasteiger partial charge in [0.15, 0.2) is 0 Å². The van der Waals surface area contributed by atoms with Crippen molar-refractivity contribution in [2.45, 2.75) is 18.0 Å². The normalized spacial score (nSPS) is 13.1. The molecule has 2 aromatic carbocycles. The number of amides is 1. The van der Waals surface area contributed by atoms with E-state index in [4.69, 9.17) is 0 Å². The van der Waals surface area contributed by atoms with Gasteiger partial charge in [0.2, 0.25) is 11.1 Å². The number of benzene rings is 2. The van der Waals surface area contributed by atoms with Crippen molar-refractivity contribution in [1.29, 1.82) is 0 Å². The van der Waals surface area contributed by atoms with Gasteiger partial charge in [-0.3, -0.25) is 9.69 Å². The molecule has 0 N–H and O–H groups in total. The summed E-state index contributed by atoms with van der Waals surface area (Å²) in [5.41, 5.74) is 4.30. The number of carbonyl (C=O) groups excluding carboxylic acids is 1. The van der Waals surface area contributed by atoms with Crippen molar-refractivity contribution in [3.05, 3.63) is 78.1 Å². The smallest absolute Gasteiger partial charge is 0.253 e. The molecule has 4 aromatic rings. The first-order valence-electron chi connectivity index (χ1n) is 9.08. The van der Waals surface area contributed by atoms with E-state index < -0.39 is 0 Å². The molecule has 0 unspecified atom stereocenters. The average Bonchev–Trinajstić information content (AvgIpc) is 3.07. The molecule has 0 fully saturated rings. The number of fused-ring (bicyclic) bond motifs is 3. The highest BCUT2D eigenvalue weighted by molar-refractivity contribution is 7.99. The quantitative estimate of drug-likeness (QED) is 0.502. The SMILES string of the molecule is O=C(CSc1nc2ncccn2n1)N1c2ccccc2CCc2ccccc21. The first kappa shape index (κ1) is 16.9. The number of anilines is 2. The van der Waals surface area contributed by atoms with E-state index in [1.807, 2.05) is 41.3 Å². The van der Waals surface area contributed by atoms with E-state index in [1.54, 1.807) is 23.0 Å². The zero-order chi connectivity index (χ0) is 18.9. The van der Waals surface area contributed by atoms with Crippen LogP contribution in [-0.4, -0.2) is 31.2 Å². The van der Waals surface area contributed by atoms with E-state index in [2.05, 4.69) is 27.2 Å². The van der Waals surface area contributed by atoms with Gasteiger partial charge < -0.3 is 0 Å². The molecule has 3 heterocycles. The van der Waals surface area contributed by atoms with Crippen LogP contribution in [0.25, 0.3) is 5.78 Å². The first-order valence-corrected chi connectivity index (χ1v) is 10.1. The number of rotatable bonds is 3. The fourth-order valence-corrected chi connectivity index (χ4v) is 4.19. The minimum atomic E-state index is 0.0126. The lowest BCUT2D eigenvalue weighted by Gasteiger charge is -2.24. The molecule has 0 aliphatic carbocycles. The van der Waals surface area contributed by atoms with Crippen molar-refractivity contribution >= 4 is 34.8 Å². The molecule has 0 saturated heterocycles. The van der Waals surface area contributed by atoms with E-state index >= 15 is 0 Å². The lowest BCUT2D eigenvalue weighted by molar-refractivity contribution is -0.115. The van der Waals surface area contributed by atoms with Crippen molar-refractivity contribution in [1.82, 2.24) is 19.6 Å². The standard InChI is InChI=1S/C21H17N5OS/c27-19(14-28-21-23-20-22-12-5-13-25(20)24-21)26-17-8-3-1-6-15(17)10-11-16-7-2-4-9-18(16)26/h1-9,12-13H,10-11,14H2. The lowest BCUT2D eigenvalue weighted by Crippen LogP contribution is -2.28. The summed E-state index contributed by atoms with van der Waals surface area (Å²) in [7, 11) is 0. The van der Waals surface area contributed by atoms with Gasteiger partial charge in [0, 0.05) is 12.4 Å². The monoisotopic (exact) mass is 387 g/mol. The number of thioether (sulfide) groups is 1. The van der Waals surface area contributed by atoms with Crippen LogP contribution in [0.2, 0.25) is 0 Å². The molecule has 28 heavy (non-hydrogen) atoms. The molecule has 0 saturated carbocycles. The predicted molar refractivity (Wildman–Crippen MR) is 109 cm³/mol. The first-order chi connectivity index (χ1) is 13.8. The number of aromatic nitrogens is 4. The van der Waals surface area contributed by atoms with Crippen LogP contribution >= 0.6 is 11.8 Å². The second kappa shape index (κ2) is 7.09. The molecular weight excluding hydrogens is 370 g/mol. The highest BCUT2D eigenvalue weighted by atomic mass is 32.2. The molecule has 7 heteroatoms. The Kier molecular flexibility index (Phi) is 4.29. The van der Waals surface area contributed by atoms with Gasteiger partial charge in [-0.25, -0.2) is 9.50 Å². The summed E-state index contributed by atoms with van der Waals surface area (Å²) in [5.74, 6) is 0.793. The van der Waals surface area contributed by atoms with Crippen molar-refractivity contribution in [2.75, 3.05) is 10.7 Å². The summed E-state index contributed by atoms with van der Waals surface area (Å²) in [5, 5.41) is 4.92. The lowest BCUT2D eigenvalue weighted by atomic mass is 10.0. The third-order valence-corrected chi connectivity index (χ3v) is 5.62. The molecule has 0 atom stereocenters. The van der Waals surface area contributed by atoms with Crippen molar-refractivity contribution in [3.63, 3.8) is 0 Å². The minimum Gasteiger partial charge on any atom is -0.280 e. The average molecular weight is 387 g/mol. The van der Waals surface area contributed by atoms with Crippen molar-refractivity contribution in [3.8, 4) is 0 Å². The number of para-hydroxylation sites is 2. The van der Waals surface area contributed by atoms with Gasteiger partial charge in [0.1, 0.15) is 0 Å². The van der Waals surface area contributed by atoms with Gasteiger partial charge in [-0.2, -0.15) is 4.98 Å². The van der Waals surface area contributed by atoms with Gasteiger partial charge >= 0.3 is 0 Å². The number of carbonyl (C=O) groups is 1. The molecule has 0 bridgehead atoms. The number of nitrogens with zero attached hydrogens (tertiary/aromatic N) is 5. The molecule has 1 amide bonds. The van der Waals surface area contributed by atoms with Crippen molar-refractivity contribution < 1.29 is 4.79 Å². The molecule has 2 aromatic heterocycles. The topological polar surface area (TPSA) is 63.4 Å². The Bertz CT molecular complexity index is 1090. The molecule has 0 radical (unpaired) electrons. The van der Waals surface area contributed by atoms with Crippen LogP contribution in [0.1, 0.15) is 11.1 Å². The van der Waals surface area contributed by atoms with E-state index in [0.29, 0.717) is 10.9 Å². The van der Waals surface area contributed by atoms with Crippen LogP contribution in [0, 0.1) is 0 Å². The number of hydrogen-bond donors (Lipinski definition) is 0. The summed E-state index contributed by atoms with van der Waals surface area (Å²) < 4.78 is 1.61. The van der Waals surface area contributed by atoms with Gasteiger partial charge in [0.05, 0.1) is 17.1 Å². The number of aryl methyl sites for hydroxylation is 2. The third-order valence-electron chi connectivity index (χ3n) is 4.80. The Morgan fingerprint density at radius 2 is 1.64 bits per heavy atom. The van der Waals surface area contributed by atoms with Gasteiger partial charge in [-0.15, -0.1) is 5.10 Å². The summed E-state index contributed by atoms with van der Waals surface area (Å²) in [6.07, 6.45) is 5.31. The fourth-order valence-electron chi connectivity index (χ4n) is 3.51. The summed E-state index contributed by atoms with van der Waals surface area (Å²) in [4.78, 5) is 23.7. The second-order valence-electron chi connectivity index (χ2n) is 6.53. The van der Waals surface area contributed by atoms with E-state index in [1.165, 1.54) is 22.9 Å². The fraction of sp³-hybridized carbons (Fsp3) is 0.143. The van der Waals surface area contributed by atoms with E-state index in [9.17, 15) is 4.79 Å². The van der Waals surface area contributed by atoms with Gasteiger partial charge in [0.25, 0.3) is 5.78 Å². The Hall–Kier alpha value is -3.19. The van der Waals surface area contributed by atoms with Crippen LogP contribution < -0.4 is 4.90 Å². The van der Waals surface area contributed by atoms with E-state index in [-0.39, 0.29) is 11.7 Å². The highest BCUT2D eigenvalue weighted by Gasteiger charge is 2.25. The molecular formula is C21H17N5OS. The van der Waals surface area contributed by atoms with Crippen LogP contribution in [0.5, 0.6) is 0 Å². The Labute approximate surface area is 166 Å². The third kappa shape index (κ3) is 3.03. The molecule has 1 aliphatic heterocycles. The highest BCUT2D eigenvalue weighted by Crippen LogP contribution is 2.36. The molecule has 1 aliphatic rings. The molecule has 6 nitrogen and oxygen atoms in total. The molecule has 5 rings (SSSR count). The maximum Gasteiger partial charge on any atom is 0.253 e. The zero-order valence-corrected chi connectivity index (χ0v) is 15.8. The van der Waals surface area contributed by atoms with Crippen molar-refractivity contribution in [2.24, 2.45) is 0 Å². The van der Waals surface area contributed by atoms with Crippen LogP contribution in [-0.2, 0) is 17.6 Å². The minimum absolute atomic E-state index is 0.0126. The Morgan fingerprint density at radius 3 is 2.32 bits per heavy atom. The summed E-state index contributed by atoms with van der Waals surface area (Å²) >= 11 is 1.33. The number of hydrogen-bond acceptors (Lipinski definition) is 5. The zero-order valence-electron chi connectivity index (χ0n) is 15.0. The predicted octanol–water partition coefficient (Wildman–Crippen LogP) is 3.68. The van der Waals surface area contributed by atoms with Gasteiger partial charge in [-0.1, -0.05) is 48.2 Å². The summed E-state index contributed by atoms with van der Waals surface area (Å²) in [6, 6.07) is 18.1.